The van der Waals surface area contributed by atoms with Crippen LogP contribution < -0.4 is 0 Å². The van der Waals surface area contributed by atoms with E-state index in [0.29, 0.717) is 12.3 Å². The molecule has 2 aliphatic rings. The fourth-order valence-electron chi connectivity index (χ4n) is 4.18. The zero-order valence-electron chi connectivity index (χ0n) is 14.0. The summed E-state index contributed by atoms with van der Waals surface area (Å²) in [6.45, 7) is 4.17. The third kappa shape index (κ3) is 2.85. The van der Waals surface area contributed by atoms with Gasteiger partial charge in [0.2, 0.25) is 0 Å². The molecule has 23 heavy (non-hydrogen) atoms. The fourth-order valence-corrected chi connectivity index (χ4v) is 6.00. The Bertz CT molecular complexity index is 567. The van der Waals surface area contributed by atoms with Gasteiger partial charge >= 0.3 is 11.9 Å². The van der Waals surface area contributed by atoms with Gasteiger partial charge in [-0.2, -0.15) is 0 Å². The Morgan fingerprint density at radius 3 is 2.39 bits per heavy atom. The summed E-state index contributed by atoms with van der Waals surface area (Å²) in [4.78, 5) is 23.1. The number of aliphatic hydroxyl groups is 1. The van der Waals surface area contributed by atoms with Gasteiger partial charge in [0.25, 0.3) is 0 Å². The highest BCUT2D eigenvalue weighted by molar-refractivity contribution is 7.90. The van der Waals surface area contributed by atoms with E-state index < -0.39 is 34.3 Å². The number of carbonyl (C=O) groups excluding carboxylic acids is 2. The number of aliphatic hydroxyl groups excluding tert-OH is 1. The number of carbonyl (C=O) groups is 2. The maximum Gasteiger partial charge on any atom is 0.347 e. The Labute approximate surface area is 138 Å². The molecule has 2 rings (SSSR count). The standard InChI is InChI=1S/C16H24O6S/c1-15(2)10-5-6-16(15,12(17)7-10)9-23(20)11(14(19)22-4)8-13(18)21-3/h8,10,12,17H,5-7,9H2,1-4H3/b11-8+/t10-,12-,16-,23?/m0/s1. The van der Waals surface area contributed by atoms with Crippen molar-refractivity contribution in [1.82, 2.24) is 0 Å². The van der Waals surface area contributed by atoms with Crippen molar-refractivity contribution >= 4 is 22.7 Å². The van der Waals surface area contributed by atoms with Crippen LogP contribution in [0.5, 0.6) is 0 Å². The third-order valence-electron chi connectivity index (χ3n) is 5.86. The van der Waals surface area contributed by atoms with Crippen molar-refractivity contribution < 1.29 is 28.4 Å². The van der Waals surface area contributed by atoms with E-state index in [0.717, 1.165) is 18.9 Å². The molecule has 0 aromatic carbocycles. The van der Waals surface area contributed by atoms with Crippen LogP contribution in [0.4, 0.5) is 0 Å². The van der Waals surface area contributed by atoms with E-state index in [1.165, 1.54) is 14.2 Å². The lowest BCUT2D eigenvalue weighted by atomic mass is 9.70. The van der Waals surface area contributed by atoms with Crippen molar-refractivity contribution in [3.8, 4) is 0 Å². The molecule has 2 saturated carbocycles. The number of rotatable bonds is 5. The molecule has 7 heteroatoms. The van der Waals surface area contributed by atoms with Crippen LogP contribution in [0, 0.1) is 16.7 Å². The van der Waals surface area contributed by atoms with Crippen molar-refractivity contribution in [3.63, 3.8) is 0 Å². The number of hydrogen-bond acceptors (Lipinski definition) is 6. The van der Waals surface area contributed by atoms with Crippen molar-refractivity contribution in [1.29, 1.82) is 0 Å². The number of hydrogen-bond donors (Lipinski definition) is 1. The summed E-state index contributed by atoms with van der Waals surface area (Å²) in [6, 6.07) is 0. The van der Waals surface area contributed by atoms with Crippen LogP contribution in [-0.2, 0) is 29.9 Å². The van der Waals surface area contributed by atoms with Crippen LogP contribution in [-0.4, -0.2) is 47.3 Å². The van der Waals surface area contributed by atoms with Gasteiger partial charge in [-0.3, -0.25) is 4.21 Å². The predicted octanol–water partition coefficient (Wildman–Crippen LogP) is 1.15. The number of ether oxygens (including phenoxy) is 2. The van der Waals surface area contributed by atoms with Crippen LogP contribution >= 0.6 is 0 Å². The second-order valence-electron chi connectivity index (χ2n) is 6.88. The van der Waals surface area contributed by atoms with Crippen molar-refractivity contribution in [2.75, 3.05) is 20.0 Å². The summed E-state index contributed by atoms with van der Waals surface area (Å²) < 4.78 is 21.9. The maximum absolute atomic E-state index is 12.8. The molecule has 0 amide bonds. The summed E-state index contributed by atoms with van der Waals surface area (Å²) in [5.41, 5.74) is -0.666. The molecule has 0 aromatic rings. The van der Waals surface area contributed by atoms with E-state index in [1.807, 2.05) is 0 Å². The SMILES string of the molecule is COC(=O)/C=C(\C(=O)OC)S(=O)C[C@@]12CC[C@@H](C[C@@H]1O)C2(C)C. The first kappa shape index (κ1) is 18.1. The van der Waals surface area contributed by atoms with Crippen LogP contribution in [0.3, 0.4) is 0 Å². The number of esters is 2. The van der Waals surface area contributed by atoms with E-state index in [-0.39, 0.29) is 16.1 Å². The highest BCUT2D eigenvalue weighted by Gasteiger charge is 2.64. The molecule has 4 atom stereocenters. The molecule has 2 fully saturated rings. The highest BCUT2D eigenvalue weighted by atomic mass is 32.2. The average Bonchev–Trinajstić information content (AvgIpc) is 2.85. The molecule has 6 nitrogen and oxygen atoms in total. The van der Waals surface area contributed by atoms with Crippen LogP contribution in [0.2, 0.25) is 0 Å². The van der Waals surface area contributed by atoms with Crippen LogP contribution in [0.15, 0.2) is 11.0 Å². The Balaban J connectivity index is 2.30. The van der Waals surface area contributed by atoms with E-state index in [2.05, 4.69) is 23.3 Å². The maximum atomic E-state index is 12.8. The molecule has 0 spiro atoms. The van der Waals surface area contributed by atoms with Crippen LogP contribution in [0.1, 0.15) is 33.1 Å². The smallest absolute Gasteiger partial charge is 0.347 e. The van der Waals surface area contributed by atoms with Gasteiger partial charge in [-0.05, 0) is 30.6 Å². The van der Waals surface area contributed by atoms with Crippen molar-refractivity contribution in [2.24, 2.45) is 16.7 Å². The minimum absolute atomic E-state index is 0.135. The first-order valence-corrected chi connectivity index (χ1v) is 8.96. The normalized spacial score (nSPS) is 33.3. The Hall–Kier alpha value is -1.21. The molecule has 0 saturated heterocycles. The van der Waals surface area contributed by atoms with Gasteiger partial charge in [-0.25, -0.2) is 9.59 Å². The first-order chi connectivity index (χ1) is 10.7. The molecular formula is C16H24O6S. The largest absolute Gasteiger partial charge is 0.466 e. The van der Waals surface area contributed by atoms with Gasteiger partial charge in [0, 0.05) is 17.2 Å². The molecule has 1 N–H and O–H groups in total. The minimum atomic E-state index is -1.75. The predicted molar refractivity (Wildman–Crippen MR) is 84.7 cm³/mol. The fraction of sp³-hybridized carbons (Fsp3) is 0.750. The van der Waals surface area contributed by atoms with Crippen molar-refractivity contribution in [3.05, 3.63) is 11.0 Å². The van der Waals surface area contributed by atoms with E-state index in [9.17, 15) is 18.9 Å². The van der Waals surface area contributed by atoms with Gasteiger partial charge < -0.3 is 14.6 Å². The highest BCUT2D eigenvalue weighted by Crippen LogP contribution is 2.66. The lowest BCUT2D eigenvalue weighted by molar-refractivity contribution is -0.137. The van der Waals surface area contributed by atoms with Gasteiger partial charge in [0.15, 0.2) is 0 Å². The summed E-state index contributed by atoms with van der Waals surface area (Å²) >= 11 is 0. The molecule has 0 radical (unpaired) electrons. The lowest BCUT2D eigenvalue weighted by Crippen LogP contribution is -2.43. The second kappa shape index (κ2) is 6.36. The molecule has 130 valence electrons. The minimum Gasteiger partial charge on any atom is -0.466 e. The molecule has 0 aliphatic heterocycles. The summed E-state index contributed by atoms with van der Waals surface area (Å²) in [7, 11) is 0.597. The van der Waals surface area contributed by atoms with Crippen molar-refractivity contribution in [2.45, 2.75) is 39.2 Å². The summed E-state index contributed by atoms with van der Waals surface area (Å²) in [5, 5.41) is 10.5. The quantitative estimate of drug-likeness (QED) is 0.594. The van der Waals surface area contributed by atoms with Gasteiger partial charge in [0.1, 0.15) is 4.91 Å². The molecular weight excluding hydrogens is 320 g/mol. The Morgan fingerprint density at radius 1 is 1.30 bits per heavy atom. The zero-order chi connectivity index (χ0) is 17.4. The molecule has 0 heterocycles. The second-order valence-corrected chi connectivity index (χ2v) is 8.30. The monoisotopic (exact) mass is 344 g/mol. The zero-order valence-corrected chi connectivity index (χ0v) is 14.8. The van der Waals surface area contributed by atoms with E-state index in [1.54, 1.807) is 0 Å². The number of methoxy groups -OCH3 is 2. The van der Waals surface area contributed by atoms with Gasteiger partial charge in [-0.15, -0.1) is 0 Å². The Morgan fingerprint density at radius 2 is 1.96 bits per heavy atom. The van der Waals surface area contributed by atoms with E-state index >= 15 is 0 Å². The Kier molecular flexibility index (Phi) is 5.01. The molecule has 0 aromatic heterocycles. The molecule has 2 bridgehead atoms. The third-order valence-corrected chi connectivity index (χ3v) is 7.41. The molecule has 1 unspecified atom stereocenters. The number of fused-ring (bicyclic) bond motifs is 2. The molecule has 2 aliphatic carbocycles. The topological polar surface area (TPSA) is 89.9 Å². The van der Waals surface area contributed by atoms with E-state index in [4.69, 9.17) is 0 Å². The van der Waals surface area contributed by atoms with Gasteiger partial charge in [0.05, 0.1) is 31.1 Å². The lowest BCUT2D eigenvalue weighted by Gasteiger charge is -2.40. The van der Waals surface area contributed by atoms with Crippen LogP contribution in [0.25, 0.3) is 0 Å². The average molecular weight is 344 g/mol. The summed E-state index contributed by atoms with van der Waals surface area (Å²) in [5.74, 6) is -1.05. The van der Waals surface area contributed by atoms with Gasteiger partial charge in [-0.1, -0.05) is 13.8 Å². The summed E-state index contributed by atoms with van der Waals surface area (Å²) in [6.07, 6.45) is 2.81. The first-order valence-electron chi connectivity index (χ1n) is 7.64.